The molecule has 0 unspecified atom stereocenters. The molecule has 1 fully saturated rings. The fourth-order valence-electron chi connectivity index (χ4n) is 3.73. The number of aryl methyl sites for hydroxylation is 2. The number of benzene rings is 2. The Balaban J connectivity index is 1.70. The minimum Gasteiger partial charge on any atom is -0.508 e. The lowest BCUT2D eigenvalue weighted by Gasteiger charge is -2.29. The number of aromatic hydroxyl groups is 1. The number of phenolic OH excluding ortho intramolecular Hbond substituents is 1. The molecule has 2 N–H and O–H groups in total. The number of fused-ring (bicyclic) bond motifs is 1. The predicted octanol–water partition coefficient (Wildman–Crippen LogP) is 3.96. The number of rotatable bonds is 4. The third-order valence-corrected chi connectivity index (χ3v) is 5.26. The molecule has 0 spiro atoms. The quantitative estimate of drug-likeness (QED) is 0.716. The first-order chi connectivity index (χ1) is 13.5. The zero-order chi connectivity index (χ0) is 19.7. The van der Waals surface area contributed by atoms with E-state index in [1.807, 2.05) is 13.8 Å². The summed E-state index contributed by atoms with van der Waals surface area (Å²) in [5.41, 5.74) is 4.12. The van der Waals surface area contributed by atoms with Crippen molar-refractivity contribution in [3.05, 3.63) is 53.2 Å². The molecule has 0 amide bonds. The molecule has 2 aromatic carbocycles. The van der Waals surface area contributed by atoms with Crippen LogP contribution in [0.15, 0.2) is 36.4 Å². The van der Waals surface area contributed by atoms with Crippen molar-refractivity contribution in [1.29, 1.82) is 0 Å². The number of aromatic nitrogens is 2. The summed E-state index contributed by atoms with van der Waals surface area (Å²) in [4.78, 5) is 2.34. The summed E-state index contributed by atoms with van der Waals surface area (Å²) in [6.07, 6.45) is 0. The van der Waals surface area contributed by atoms with Crippen molar-refractivity contribution in [1.82, 2.24) is 10.2 Å². The lowest BCUT2D eigenvalue weighted by Crippen LogP contribution is -2.36. The third kappa shape index (κ3) is 3.73. The van der Waals surface area contributed by atoms with Crippen LogP contribution in [0.4, 0.5) is 11.5 Å². The molecule has 1 aliphatic heterocycles. The van der Waals surface area contributed by atoms with Gasteiger partial charge in [-0.3, -0.25) is 0 Å². The molecule has 1 atom stereocenters. The van der Waals surface area contributed by atoms with Gasteiger partial charge in [0.15, 0.2) is 5.82 Å². The predicted molar refractivity (Wildman–Crippen MR) is 112 cm³/mol. The number of nitrogens with zero attached hydrogens (tertiary/aromatic N) is 3. The Hall–Kier alpha value is -2.86. The molecule has 3 aromatic rings. The Morgan fingerprint density at radius 1 is 1.04 bits per heavy atom. The van der Waals surface area contributed by atoms with Gasteiger partial charge < -0.3 is 20.1 Å². The first-order valence-electron chi connectivity index (χ1n) is 9.68. The summed E-state index contributed by atoms with van der Waals surface area (Å²) in [6, 6.07) is 12.1. The summed E-state index contributed by atoms with van der Waals surface area (Å²) in [5, 5.41) is 24.3. The van der Waals surface area contributed by atoms with Crippen molar-refractivity contribution in [3.8, 4) is 5.75 Å². The first-order valence-corrected chi connectivity index (χ1v) is 9.68. The highest BCUT2D eigenvalue weighted by Gasteiger charge is 2.16. The van der Waals surface area contributed by atoms with Crippen molar-refractivity contribution < 1.29 is 9.84 Å². The fraction of sp³-hybridized carbons (Fsp3) is 0.364. The first kappa shape index (κ1) is 18.5. The maximum atomic E-state index is 9.93. The van der Waals surface area contributed by atoms with Crippen LogP contribution in [0.3, 0.4) is 0 Å². The zero-order valence-electron chi connectivity index (χ0n) is 16.6. The van der Waals surface area contributed by atoms with E-state index in [1.165, 1.54) is 5.69 Å². The summed E-state index contributed by atoms with van der Waals surface area (Å²) < 4.78 is 5.48. The lowest BCUT2D eigenvalue weighted by molar-refractivity contribution is 0.122. The monoisotopic (exact) mass is 378 g/mol. The highest BCUT2D eigenvalue weighted by molar-refractivity contribution is 5.95. The van der Waals surface area contributed by atoms with E-state index in [-0.39, 0.29) is 11.8 Å². The SMILES string of the molecule is Cc1cc(O)cc([C@@H](C)Nc2nnc(C)c3ccc(N4CCOCC4)cc23)c1. The van der Waals surface area contributed by atoms with Gasteiger partial charge in [-0.1, -0.05) is 12.1 Å². The van der Waals surface area contributed by atoms with Crippen LogP contribution >= 0.6 is 0 Å². The summed E-state index contributed by atoms with van der Waals surface area (Å²) in [6.45, 7) is 9.32. The highest BCUT2D eigenvalue weighted by atomic mass is 16.5. The Bertz CT molecular complexity index is 979. The van der Waals surface area contributed by atoms with Gasteiger partial charge >= 0.3 is 0 Å². The van der Waals surface area contributed by atoms with Crippen molar-refractivity contribution in [2.75, 3.05) is 36.5 Å². The molecule has 6 nitrogen and oxygen atoms in total. The van der Waals surface area contributed by atoms with Gasteiger partial charge in [-0.2, -0.15) is 5.10 Å². The van der Waals surface area contributed by atoms with E-state index in [0.717, 1.165) is 59.7 Å². The molecule has 0 radical (unpaired) electrons. The van der Waals surface area contributed by atoms with Crippen molar-refractivity contribution in [2.24, 2.45) is 0 Å². The Morgan fingerprint density at radius 2 is 1.82 bits per heavy atom. The van der Waals surface area contributed by atoms with Gasteiger partial charge in [0, 0.05) is 29.5 Å². The maximum absolute atomic E-state index is 9.93. The number of anilines is 2. The van der Waals surface area contributed by atoms with Crippen LogP contribution in [0.2, 0.25) is 0 Å². The van der Waals surface area contributed by atoms with Crippen LogP contribution in [0.25, 0.3) is 10.8 Å². The molecular formula is C22H26N4O2. The van der Waals surface area contributed by atoms with Gasteiger partial charge in [-0.05, 0) is 56.2 Å². The largest absolute Gasteiger partial charge is 0.508 e. The second kappa shape index (κ2) is 7.64. The molecule has 0 bridgehead atoms. The number of hydrogen-bond acceptors (Lipinski definition) is 6. The molecule has 6 heteroatoms. The molecule has 146 valence electrons. The fourth-order valence-corrected chi connectivity index (χ4v) is 3.73. The van der Waals surface area contributed by atoms with E-state index >= 15 is 0 Å². The molecule has 1 aromatic heterocycles. The molecule has 0 saturated carbocycles. The molecule has 4 rings (SSSR count). The Labute approximate surface area is 165 Å². The Morgan fingerprint density at radius 3 is 2.57 bits per heavy atom. The number of ether oxygens (including phenoxy) is 1. The van der Waals surface area contributed by atoms with Crippen LogP contribution in [0.1, 0.15) is 29.8 Å². The molecule has 28 heavy (non-hydrogen) atoms. The van der Waals surface area contributed by atoms with Gasteiger partial charge in [0.1, 0.15) is 5.75 Å². The number of phenols is 1. The second-order valence-electron chi connectivity index (χ2n) is 7.43. The minimum absolute atomic E-state index is 0.0157. The van der Waals surface area contributed by atoms with Crippen molar-refractivity contribution in [3.63, 3.8) is 0 Å². The van der Waals surface area contributed by atoms with Gasteiger partial charge in [0.2, 0.25) is 0 Å². The van der Waals surface area contributed by atoms with E-state index in [0.29, 0.717) is 0 Å². The van der Waals surface area contributed by atoms with Gasteiger partial charge in [0.05, 0.1) is 24.9 Å². The molecule has 1 aliphatic rings. The van der Waals surface area contributed by atoms with Crippen molar-refractivity contribution >= 4 is 22.3 Å². The zero-order valence-corrected chi connectivity index (χ0v) is 16.6. The van der Waals surface area contributed by atoms with Gasteiger partial charge in [-0.25, -0.2) is 0 Å². The number of morpholine rings is 1. The smallest absolute Gasteiger partial charge is 0.157 e. The van der Waals surface area contributed by atoms with Crippen LogP contribution in [0.5, 0.6) is 5.75 Å². The average Bonchev–Trinajstić information content (AvgIpc) is 2.70. The maximum Gasteiger partial charge on any atom is 0.157 e. The minimum atomic E-state index is -0.0157. The van der Waals surface area contributed by atoms with Crippen LogP contribution in [-0.4, -0.2) is 41.6 Å². The van der Waals surface area contributed by atoms with E-state index in [9.17, 15) is 5.11 Å². The topological polar surface area (TPSA) is 70.5 Å². The van der Waals surface area contributed by atoms with E-state index in [1.54, 1.807) is 12.1 Å². The normalized spacial score (nSPS) is 15.6. The molecule has 2 heterocycles. The van der Waals surface area contributed by atoms with E-state index < -0.39 is 0 Å². The summed E-state index contributed by atoms with van der Waals surface area (Å²) in [5.74, 6) is 1.03. The van der Waals surface area contributed by atoms with Gasteiger partial charge in [0.25, 0.3) is 0 Å². The number of nitrogens with one attached hydrogen (secondary N) is 1. The summed E-state index contributed by atoms with van der Waals surface area (Å²) in [7, 11) is 0. The molecule has 0 aliphatic carbocycles. The average molecular weight is 378 g/mol. The van der Waals surface area contributed by atoms with E-state index in [4.69, 9.17) is 4.74 Å². The van der Waals surface area contributed by atoms with E-state index in [2.05, 4.69) is 51.6 Å². The van der Waals surface area contributed by atoms with Crippen molar-refractivity contribution in [2.45, 2.75) is 26.8 Å². The lowest BCUT2D eigenvalue weighted by atomic mass is 10.0. The summed E-state index contributed by atoms with van der Waals surface area (Å²) >= 11 is 0. The highest BCUT2D eigenvalue weighted by Crippen LogP contribution is 2.31. The Kier molecular flexibility index (Phi) is 5.05. The third-order valence-electron chi connectivity index (χ3n) is 5.26. The second-order valence-corrected chi connectivity index (χ2v) is 7.43. The van der Waals surface area contributed by atoms with Crippen LogP contribution in [0, 0.1) is 13.8 Å². The molecular weight excluding hydrogens is 352 g/mol. The standard InChI is InChI=1S/C22H26N4O2/c1-14-10-17(12-19(27)11-14)15(2)23-22-21-13-18(26-6-8-28-9-7-26)4-5-20(21)16(3)24-25-22/h4-5,10-13,15,27H,6-9H2,1-3H3,(H,23,25)/t15-/m1/s1. The number of hydrogen-bond donors (Lipinski definition) is 2. The van der Waals surface area contributed by atoms with Gasteiger partial charge in [-0.15, -0.1) is 5.10 Å². The molecule has 1 saturated heterocycles. The van der Waals surface area contributed by atoms with Crippen LogP contribution < -0.4 is 10.2 Å². The van der Waals surface area contributed by atoms with Crippen LogP contribution in [-0.2, 0) is 4.74 Å².